The predicted molar refractivity (Wildman–Crippen MR) is 102 cm³/mol. The van der Waals surface area contributed by atoms with Crippen LogP contribution in [0.5, 0.6) is 11.5 Å². The molecule has 0 saturated heterocycles. The molecule has 0 heterocycles. The van der Waals surface area contributed by atoms with Crippen molar-refractivity contribution in [3.05, 3.63) is 17.7 Å². The fourth-order valence-electron chi connectivity index (χ4n) is 3.21. The quantitative estimate of drug-likeness (QED) is 0.740. The minimum absolute atomic E-state index is 0.00146. The van der Waals surface area contributed by atoms with Crippen LogP contribution in [0.4, 0.5) is 0 Å². The summed E-state index contributed by atoms with van der Waals surface area (Å²) in [6.45, 7) is 16.5. The highest BCUT2D eigenvalue weighted by Crippen LogP contribution is 2.34. The maximum absolute atomic E-state index is 13.1. The van der Waals surface area contributed by atoms with E-state index in [0.29, 0.717) is 31.1 Å². The average molecular weight is 372 g/mol. The molecular weight excluding hydrogens is 338 g/mol. The number of benzene rings is 1. The Hall–Kier alpha value is -1.27. The third-order valence-electron chi connectivity index (χ3n) is 3.51. The number of rotatable bonds is 8. The molecule has 0 amide bonds. The summed E-state index contributed by atoms with van der Waals surface area (Å²) in [6.07, 6.45) is 0.702. The van der Waals surface area contributed by atoms with Crippen LogP contribution in [0.25, 0.3) is 0 Å². The van der Waals surface area contributed by atoms with Crippen molar-refractivity contribution in [1.82, 2.24) is 4.72 Å². The first-order valence-electron chi connectivity index (χ1n) is 8.75. The molecule has 1 aromatic rings. The van der Waals surface area contributed by atoms with Gasteiger partial charge >= 0.3 is 0 Å². The Morgan fingerprint density at radius 1 is 0.960 bits per heavy atom. The van der Waals surface area contributed by atoms with Crippen LogP contribution in [-0.2, 0) is 10.0 Å². The van der Waals surface area contributed by atoms with Crippen molar-refractivity contribution < 1.29 is 17.9 Å². The lowest BCUT2D eigenvalue weighted by Crippen LogP contribution is -2.45. The summed E-state index contributed by atoms with van der Waals surface area (Å²) in [4.78, 5) is 0.116. The van der Waals surface area contributed by atoms with Gasteiger partial charge in [0.1, 0.15) is 16.4 Å². The van der Waals surface area contributed by atoms with Gasteiger partial charge in [-0.1, -0.05) is 20.8 Å². The van der Waals surface area contributed by atoms with E-state index < -0.39 is 15.6 Å². The maximum atomic E-state index is 13.1. The third kappa shape index (κ3) is 6.51. The summed E-state index contributed by atoms with van der Waals surface area (Å²) in [5.74, 6) is 0.905. The standard InChI is InChI=1S/C19H33NO4S/c1-9-23-15-12-17(16(24-10-2)11-14(15)3)25(21,22)20-19(7,8)13-18(4,5)6/h11-12,20H,9-10,13H2,1-8H3. The van der Waals surface area contributed by atoms with Crippen LogP contribution in [0, 0.1) is 12.3 Å². The lowest BCUT2D eigenvalue weighted by atomic mass is 9.82. The van der Waals surface area contributed by atoms with Crippen LogP contribution in [0.3, 0.4) is 0 Å². The molecule has 0 aliphatic rings. The zero-order valence-electron chi connectivity index (χ0n) is 16.8. The summed E-state index contributed by atoms with van der Waals surface area (Å²) in [7, 11) is -3.76. The van der Waals surface area contributed by atoms with E-state index in [0.717, 1.165) is 5.56 Å². The zero-order valence-corrected chi connectivity index (χ0v) is 17.6. The molecule has 0 fully saturated rings. The molecule has 0 saturated carbocycles. The van der Waals surface area contributed by atoms with Gasteiger partial charge in [0.05, 0.1) is 13.2 Å². The number of hydrogen-bond donors (Lipinski definition) is 1. The first-order chi connectivity index (χ1) is 11.3. The first kappa shape index (κ1) is 21.8. The van der Waals surface area contributed by atoms with E-state index in [9.17, 15) is 8.42 Å². The minimum Gasteiger partial charge on any atom is -0.494 e. The lowest BCUT2D eigenvalue weighted by Gasteiger charge is -2.33. The Bertz CT molecular complexity index is 688. The molecule has 0 aliphatic heterocycles. The van der Waals surface area contributed by atoms with Gasteiger partial charge in [0.15, 0.2) is 0 Å². The summed E-state index contributed by atoms with van der Waals surface area (Å²) in [6, 6.07) is 3.28. The van der Waals surface area contributed by atoms with Crippen LogP contribution in [-0.4, -0.2) is 27.2 Å². The Morgan fingerprint density at radius 3 is 1.96 bits per heavy atom. The van der Waals surface area contributed by atoms with Gasteiger partial charge in [-0.05, 0) is 58.1 Å². The van der Waals surface area contributed by atoms with Crippen LogP contribution >= 0.6 is 0 Å². The molecule has 1 rings (SSSR count). The molecule has 0 aliphatic carbocycles. The van der Waals surface area contributed by atoms with Gasteiger partial charge in [-0.25, -0.2) is 13.1 Å². The molecule has 6 heteroatoms. The Labute approximate surface area is 153 Å². The van der Waals surface area contributed by atoms with Crippen molar-refractivity contribution in [2.45, 2.75) is 72.2 Å². The second-order valence-corrected chi connectivity index (χ2v) is 9.81. The second kappa shape index (κ2) is 7.96. The summed E-state index contributed by atoms with van der Waals surface area (Å²) in [5, 5.41) is 0. The van der Waals surface area contributed by atoms with Crippen molar-refractivity contribution in [2.75, 3.05) is 13.2 Å². The molecule has 144 valence electrons. The number of aryl methyl sites for hydroxylation is 1. The monoisotopic (exact) mass is 371 g/mol. The smallest absolute Gasteiger partial charge is 0.244 e. The van der Waals surface area contributed by atoms with E-state index in [1.54, 1.807) is 12.1 Å². The van der Waals surface area contributed by atoms with Crippen LogP contribution in [0.15, 0.2) is 17.0 Å². The van der Waals surface area contributed by atoms with Crippen molar-refractivity contribution in [3.8, 4) is 11.5 Å². The van der Waals surface area contributed by atoms with Gasteiger partial charge in [0.2, 0.25) is 10.0 Å². The molecule has 0 aromatic heterocycles. The number of sulfonamides is 1. The largest absolute Gasteiger partial charge is 0.494 e. The molecule has 0 radical (unpaired) electrons. The van der Waals surface area contributed by atoms with E-state index in [1.165, 1.54) is 0 Å². The molecule has 0 bridgehead atoms. The molecule has 1 N–H and O–H groups in total. The average Bonchev–Trinajstić information content (AvgIpc) is 2.37. The van der Waals surface area contributed by atoms with Gasteiger partial charge < -0.3 is 9.47 Å². The summed E-state index contributed by atoms with van der Waals surface area (Å²) < 4.78 is 40.1. The van der Waals surface area contributed by atoms with Gasteiger partial charge in [0.25, 0.3) is 0 Å². The summed E-state index contributed by atoms with van der Waals surface area (Å²) >= 11 is 0. The second-order valence-electron chi connectivity index (χ2n) is 8.16. The maximum Gasteiger partial charge on any atom is 0.244 e. The first-order valence-corrected chi connectivity index (χ1v) is 10.2. The summed E-state index contributed by atoms with van der Waals surface area (Å²) in [5.41, 5.74) is 0.258. The Kier molecular flexibility index (Phi) is 6.93. The van der Waals surface area contributed by atoms with E-state index >= 15 is 0 Å². The highest BCUT2D eigenvalue weighted by molar-refractivity contribution is 7.89. The van der Waals surface area contributed by atoms with Crippen molar-refractivity contribution in [1.29, 1.82) is 0 Å². The highest BCUT2D eigenvalue weighted by atomic mass is 32.2. The molecule has 25 heavy (non-hydrogen) atoms. The SMILES string of the molecule is CCOc1cc(S(=O)(=O)NC(C)(C)CC(C)(C)C)c(OCC)cc1C. The highest BCUT2D eigenvalue weighted by Gasteiger charge is 2.32. The van der Waals surface area contributed by atoms with Crippen molar-refractivity contribution in [3.63, 3.8) is 0 Å². The predicted octanol–water partition coefficient (Wildman–Crippen LogP) is 4.29. The molecule has 0 unspecified atom stereocenters. The van der Waals surface area contributed by atoms with Gasteiger partial charge in [0, 0.05) is 11.6 Å². The van der Waals surface area contributed by atoms with Gasteiger partial charge in [-0.2, -0.15) is 0 Å². The molecule has 0 atom stereocenters. The minimum atomic E-state index is -3.76. The Morgan fingerprint density at radius 2 is 1.48 bits per heavy atom. The molecule has 5 nitrogen and oxygen atoms in total. The fourth-order valence-corrected chi connectivity index (χ4v) is 4.77. The van der Waals surface area contributed by atoms with E-state index in [1.807, 2.05) is 34.6 Å². The van der Waals surface area contributed by atoms with Crippen LogP contribution in [0.1, 0.15) is 60.5 Å². The Balaban J connectivity index is 3.33. The van der Waals surface area contributed by atoms with Crippen molar-refractivity contribution in [2.24, 2.45) is 5.41 Å². The number of ether oxygens (including phenoxy) is 2. The van der Waals surface area contributed by atoms with Gasteiger partial charge in [-0.15, -0.1) is 0 Å². The number of hydrogen-bond acceptors (Lipinski definition) is 4. The topological polar surface area (TPSA) is 64.6 Å². The van der Waals surface area contributed by atoms with Crippen LogP contribution in [0.2, 0.25) is 0 Å². The zero-order chi connectivity index (χ0) is 19.5. The van der Waals surface area contributed by atoms with Gasteiger partial charge in [-0.3, -0.25) is 0 Å². The molecule has 0 spiro atoms. The van der Waals surface area contributed by atoms with Crippen LogP contribution < -0.4 is 14.2 Å². The van der Waals surface area contributed by atoms with Crippen molar-refractivity contribution >= 4 is 10.0 Å². The van der Waals surface area contributed by atoms with E-state index in [4.69, 9.17) is 9.47 Å². The molecule has 1 aromatic carbocycles. The molecular formula is C19H33NO4S. The van der Waals surface area contributed by atoms with E-state index in [-0.39, 0.29) is 10.3 Å². The normalized spacial score (nSPS) is 13.0. The fraction of sp³-hybridized carbons (Fsp3) is 0.684. The number of nitrogens with one attached hydrogen (secondary N) is 1. The van der Waals surface area contributed by atoms with E-state index in [2.05, 4.69) is 25.5 Å². The lowest BCUT2D eigenvalue weighted by molar-refractivity contribution is 0.269. The third-order valence-corrected chi connectivity index (χ3v) is 5.23.